The van der Waals surface area contributed by atoms with Crippen LogP contribution in [0.5, 0.6) is 0 Å². The number of carbonyl (C=O) groups is 1. The summed E-state index contributed by atoms with van der Waals surface area (Å²) in [6.07, 6.45) is -4.48. The Balaban J connectivity index is 1.80. The third kappa shape index (κ3) is 5.33. The Morgan fingerprint density at radius 2 is 2.00 bits per heavy atom. The Bertz CT molecular complexity index is 879. The minimum Gasteiger partial charge on any atom is -0.378 e. The molecular weight excluding hydrogens is 415 g/mol. The average molecular weight is 442 g/mol. The molecule has 1 saturated heterocycles. The number of nitrogens with one attached hydrogen (secondary N) is 1. The van der Waals surface area contributed by atoms with E-state index in [2.05, 4.69) is 5.32 Å². The van der Waals surface area contributed by atoms with Crippen molar-refractivity contribution in [1.29, 1.82) is 0 Å². The van der Waals surface area contributed by atoms with Crippen LogP contribution in [0.15, 0.2) is 29.6 Å². The van der Waals surface area contributed by atoms with E-state index in [1.165, 1.54) is 6.07 Å². The van der Waals surface area contributed by atoms with Crippen LogP contribution in [-0.4, -0.2) is 50.2 Å². The molecule has 0 bridgehead atoms. The summed E-state index contributed by atoms with van der Waals surface area (Å²) >= 11 is 1.62. The van der Waals surface area contributed by atoms with Crippen molar-refractivity contribution in [1.82, 2.24) is 4.90 Å². The lowest BCUT2D eigenvalue weighted by atomic mass is 10.1. The number of morpholine rings is 1. The molecule has 164 valence electrons. The molecule has 1 unspecified atom stereocenters. The highest BCUT2D eigenvalue weighted by atomic mass is 32.1. The van der Waals surface area contributed by atoms with Crippen LogP contribution in [-0.2, 0) is 22.3 Å². The highest BCUT2D eigenvalue weighted by molar-refractivity contribution is 7.10. The van der Waals surface area contributed by atoms with Gasteiger partial charge in [-0.05, 0) is 56.1 Å². The van der Waals surface area contributed by atoms with Gasteiger partial charge in [0.05, 0.1) is 36.2 Å². The van der Waals surface area contributed by atoms with Gasteiger partial charge in [-0.25, -0.2) is 0 Å². The smallest absolute Gasteiger partial charge is 0.378 e. The molecule has 1 fully saturated rings. The molecular formula is C21H26F3N3O2S. The zero-order valence-corrected chi connectivity index (χ0v) is 18.1. The second-order valence-corrected chi connectivity index (χ2v) is 8.44. The van der Waals surface area contributed by atoms with Crippen LogP contribution < -0.4 is 10.2 Å². The molecule has 1 atom stereocenters. The average Bonchev–Trinajstić information content (AvgIpc) is 3.11. The van der Waals surface area contributed by atoms with Gasteiger partial charge in [-0.15, -0.1) is 11.3 Å². The van der Waals surface area contributed by atoms with Gasteiger partial charge in [0.1, 0.15) is 0 Å². The van der Waals surface area contributed by atoms with Crippen molar-refractivity contribution < 1.29 is 22.7 Å². The van der Waals surface area contributed by atoms with Gasteiger partial charge in [0.25, 0.3) is 0 Å². The summed E-state index contributed by atoms with van der Waals surface area (Å²) in [6, 6.07) is 5.00. The Hall–Kier alpha value is -2.10. The van der Waals surface area contributed by atoms with E-state index >= 15 is 0 Å². The molecule has 9 heteroatoms. The number of ether oxygens (including phenoxy) is 1. The summed E-state index contributed by atoms with van der Waals surface area (Å²) in [4.78, 5) is 17.9. The zero-order chi connectivity index (χ0) is 21.9. The summed E-state index contributed by atoms with van der Waals surface area (Å²) in [7, 11) is 1.83. The molecule has 0 radical (unpaired) electrons. The number of nitrogens with zero attached hydrogens (tertiary/aromatic N) is 2. The number of hydrogen-bond acceptors (Lipinski definition) is 5. The standard InChI is InChI=1S/C21H26F3N3O2S/c1-14-6-11-30-19(14)13-26(3)15(2)20(28)25-17-12-16(21(22,23)24)4-5-18(17)27-7-9-29-10-8-27/h4-6,11-12,15H,7-10,13H2,1-3H3,(H,25,28). The monoisotopic (exact) mass is 441 g/mol. The second kappa shape index (κ2) is 9.36. The van der Waals surface area contributed by atoms with Gasteiger partial charge in [0.15, 0.2) is 0 Å². The molecule has 30 heavy (non-hydrogen) atoms. The lowest BCUT2D eigenvalue weighted by Crippen LogP contribution is -2.40. The summed E-state index contributed by atoms with van der Waals surface area (Å²) in [5.74, 6) is -0.347. The van der Waals surface area contributed by atoms with E-state index in [-0.39, 0.29) is 11.6 Å². The van der Waals surface area contributed by atoms with Crippen LogP contribution in [0.2, 0.25) is 0 Å². The fourth-order valence-corrected chi connectivity index (χ4v) is 4.23. The Kier molecular flexibility index (Phi) is 7.05. The number of aryl methyl sites for hydroxylation is 1. The topological polar surface area (TPSA) is 44.8 Å². The van der Waals surface area contributed by atoms with Crippen LogP contribution in [0.3, 0.4) is 0 Å². The maximum atomic E-state index is 13.3. The van der Waals surface area contributed by atoms with Gasteiger partial charge >= 0.3 is 6.18 Å². The molecule has 1 N–H and O–H groups in total. The van der Waals surface area contributed by atoms with Crippen molar-refractivity contribution >= 4 is 28.6 Å². The molecule has 3 rings (SSSR count). The molecule has 0 spiro atoms. The van der Waals surface area contributed by atoms with Gasteiger partial charge in [0, 0.05) is 24.5 Å². The summed E-state index contributed by atoms with van der Waals surface area (Å²) < 4.78 is 45.1. The van der Waals surface area contributed by atoms with Crippen molar-refractivity contribution in [2.24, 2.45) is 0 Å². The number of likely N-dealkylation sites (N-methyl/N-ethyl adjacent to an activating group) is 1. The Morgan fingerprint density at radius 1 is 1.30 bits per heavy atom. The van der Waals surface area contributed by atoms with E-state index in [0.29, 0.717) is 38.5 Å². The van der Waals surface area contributed by atoms with Crippen molar-refractivity contribution in [2.75, 3.05) is 43.6 Å². The molecule has 1 amide bonds. The fraction of sp³-hybridized carbons (Fsp3) is 0.476. The number of hydrogen-bond donors (Lipinski definition) is 1. The molecule has 2 heterocycles. The first-order valence-corrected chi connectivity index (χ1v) is 10.6. The van der Waals surface area contributed by atoms with Crippen LogP contribution >= 0.6 is 11.3 Å². The molecule has 0 aliphatic carbocycles. The van der Waals surface area contributed by atoms with Crippen molar-refractivity contribution in [3.63, 3.8) is 0 Å². The number of anilines is 2. The van der Waals surface area contributed by atoms with Gasteiger partial charge in [-0.3, -0.25) is 9.69 Å². The molecule has 2 aromatic rings. The van der Waals surface area contributed by atoms with Gasteiger partial charge in [0.2, 0.25) is 5.91 Å². The maximum absolute atomic E-state index is 13.3. The van der Waals surface area contributed by atoms with Crippen LogP contribution in [0.4, 0.5) is 24.5 Å². The largest absolute Gasteiger partial charge is 0.416 e. The number of alkyl halides is 3. The fourth-order valence-electron chi connectivity index (χ4n) is 3.26. The van der Waals surface area contributed by atoms with Crippen LogP contribution in [0.25, 0.3) is 0 Å². The maximum Gasteiger partial charge on any atom is 0.416 e. The van der Waals surface area contributed by atoms with E-state index in [0.717, 1.165) is 22.6 Å². The van der Waals surface area contributed by atoms with E-state index < -0.39 is 17.8 Å². The number of halogens is 3. The zero-order valence-electron chi connectivity index (χ0n) is 17.3. The molecule has 1 aromatic heterocycles. The third-order valence-corrected chi connectivity index (χ3v) is 6.34. The predicted molar refractivity (Wildman–Crippen MR) is 113 cm³/mol. The molecule has 0 saturated carbocycles. The number of rotatable bonds is 6. The van der Waals surface area contributed by atoms with Crippen molar-refractivity contribution in [3.05, 3.63) is 45.6 Å². The lowest BCUT2D eigenvalue weighted by Gasteiger charge is -2.31. The molecule has 1 aliphatic heterocycles. The minimum absolute atomic E-state index is 0.171. The predicted octanol–water partition coefficient (Wildman–Crippen LogP) is 4.37. The van der Waals surface area contributed by atoms with E-state index in [4.69, 9.17) is 4.74 Å². The van der Waals surface area contributed by atoms with E-state index in [1.807, 2.05) is 35.2 Å². The van der Waals surface area contributed by atoms with Crippen molar-refractivity contribution in [2.45, 2.75) is 32.6 Å². The Labute approximate surface area is 178 Å². The minimum atomic E-state index is -4.48. The van der Waals surface area contributed by atoms with E-state index in [1.54, 1.807) is 18.3 Å². The number of benzene rings is 1. The quantitative estimate of drug-likeness (QED) is 0.723. The third-order valence-electron chi connectivity index (χ3n) is 5.34. The highest BCUT2D eigenvalue weighted by Gasteiger charge is 2.32. The van der Waals surface area contributed by atoms with Crippen LogP contribution in [0, 0.1) is 6.92 Å². The number of thiophene rings is 1. The lowest BCUT2D eigenvalue weighted by molar-refractivity contribution is -0.137. The summed E-state index contributed by atoms with van der Waals surface area (Å²) in [5, 5.41) is 4.74. The SMILES string of the molecule is Cc1ccsc1CN(C)C(C)C(=O)Nc1cc(C(F)(F)F)ccc1N1CCOCC1. The first-order chi connectivity index (χ1) is 14.2. The van der Waals surface area contributed by atoms with Gasteiger partial charge in [-0.2, -0.15) is 13.2 Å². The molecule has 1 aliphatic rings. The van der Waals surface area contributed by atoms with E-state index in [9.17, 15) is 18.0 Å². The second-order valence-electron chi connectivity index (χ2n) is 7.44. The summed E-state index contributed by atoms with van der Waals surface area (Å²) in [5.41, 5.74) is 1.12. The van der Waals surface area contributed by atoms with Crippen molar-refractivity contribution in [3.8, 4) is 0 Å². The Morgan fingerprint density at radius 3 is 2.60 bits per heavy atom. The molecule has 1 aromatic carbocycles. The highest BCUT2D eigenvalue weighted by Crippen LogP contribution is 2.36. The number of carbonyl (C=O) groups excluding carboxylic acids is 1. The first kappa shape index (κ1) is 22.6. The molecule has 5 nitrogen and oxygen atoms in total. The normalized spacial score (nSPS) is 16.0. The van der Waals surface area contributed by atoms with Crippen LogP contribution in [0.1, 0.15) is 22.9 Å². The summed E-state index contributed by atoms with van der Waals surface area (Å²) in [6.45, 7) is 6.46. The van der Waals surface area contributed by atoms with Gasteiger partial charge < -0.3 is 15.0 Å². The number of amides is 1. The first-order valence-electron chi connectivity index (χ1n) is 9.75. The van der Waals surface area contributed by atoms with Gasteiger partial charge in [-0.1, -0.05) is 0 Å².